The molecule has 12 heteroatoms. The van der Waals surface area contributed by atoms with Gasteiger partial charge in [-0.1, -0.05) is 45.0 Å². The van der Waals surface area contributed by atoms with Crippen LogP contribution in [0.1, 0.15) is 46.1 Å². The van der Waals surface area contributed by atoms with Crippen LogP contribution in [0.2, 0.25) is 0 Å². The van der Waals surface area contributed by atoms with Crippen LogP contribution in [0.25, 0.3) is 11.1 Å². The van der Waals surface area contributed by atoms with E-state index in [-0.39, 0.29) is 34.9 Å². The molecule has 0 atom stereocenters. The fraction of sp³-hybridized carbons (Fsp3) is 0.371. The number of hydrogen-bond donors (Lipinski definition) is 4. The second-order valence-corrected chi connectivity index (χ2v) is 9.67. The number of ether oxygens (including phenoxy) is 1. The molecule has 1 heterocycles. The van der Waals surface area contributed by atoms with Crippen molar-refractivity contribution in [2.45, 2.75) is 46.7 Å². The van der Waals surface area contributed by atoms with Crippen LogP contribution >= 0.6 is 0 Å². The molecule has 0 saturated carbocycles. The summed E-state index contributed by atoms with van der Waals surface area (Å²) in [7, 11) is 1.74. The fourth-order valence-electron chi connectivity index (χ4n) is 4.30. The lowest BCUT2D eigenvalue weighted by atomic mass is 9.98. The van der Waals surface area contributed by atoms with E-state index in [9.17, 15) is 22.7 Å². The molecule has 0 spiro atoms. The number of terminal acetylenes is 1. The van der Waals surface area contributed by atoms with Crippen LogP contribution in [-0.2, 0) is 10.9 Å². The van der Waals surface area contributed by atoms with Gasteiger partial charge in [0.05, 0.1) is 37.2 Å². The molecule has 1 fully saturated rings. The first-order valence-corrected chi connectivity index (χ1v) is 15.3. The molecule has 256 valence electrons. The number of rotatable bonds is 12. The largest absolute Gasteiger partial charge is 0.508 e. The van der Waals surface area contributed by atoms with Crippen molar-refractivity contribution in [3.63, 3.8) is 0 Å². The normalized spacial score (nSPS) is 14.9. The number of phenols is 1. The van der Waals surface area contributed by atoms with E-state index in [1.807, 2.05) is 25.7 Å². The third-order valence-electron chi connectivity index (χ3n) is 6.46. The summed E-state index contributed by atoms with van der Waals surface area (Å²) in [5.74, 6) is -0.0525. The van der Waals surface area contributed by atoms with Gasteiger partial charge in [0, 0.05) is 44.2 Å². The van der Waals surface area contributed by atoms with E-state index in [2.05, 4.69) is 39.0 Å². The van der Waals surface area contributed by atoms with Gasteiger partial charge < -0.3 is 20.5 Å². The van der Waals surface area contributed by atoms with Gasteiger partial charge in [-0.05, 0) is 54.8 Å². The Bertz CT molecular complexity index is 1400. The molecule has 47 heavy (non-hydrogen) atoms. The molecule has 0 amide bonds. The summed E-state index contributed by atoms with van der Waals surface area (Å²) in [6, 6.07) is 9.74. The minimum Gasteiger partial charge on any atom is -0.508 e. The van der Waals surface area contributed by atoms with Gasteiger partial charge >= 0.3 is 6.18 Å². The van der Waals surface area contributed by atoms with Gasteiger partial charge in [-0.25, -0.2) is 9.38 Å². The lowest BCUT2D eigenvalue weighted by Gasteiger charge is -2.25. The molecule has 1 aliphatic rings. The highest BCUT2D eigenvalue weighted by molar-refractivity contribution is 5.80. The fourth-order valence-corrected chi connectivity index (χ4v) is 4.30. The molecule has 2 aromatic carbocycles. The Kier molecular flexibility index (Phi) is 18.9. The highest BCUT2D eigenvalue weighted by atomic mass is 19.4. The van der Waals surface area contributed by atoms with Crippen molar-refractivity contribution in [1.82, 2.24) is 15.6 Å². The molecule has 4 N–H and O–H groups in total. The maximum absolute atomic E-state index is 14.1. The summed E-state index contributed by atoms with van der Waals surface area (Å²) in [4.78, 5) is 6.00. The number of phenolic OH excluding ortho intramolecular Hbond substituents is 1. The lowest BCUT2D eigenvalue weighted by molar-refractivity contribution is -0.137. The average Bonchev–Trinajstić information content (AvgIpc) is 3.07. The van der Waals surface area contributed by atoms with E-state index < -0.39 is 11.7 Å². The molecular weight excluding hydrogens is 612 g/mol. The first-order valence-electron chi connectivity index (χ1n) is 15.3. The molecule has 0 unspecified atom stereocenters. The zero-order valence-corrected chi connectivity index (χ0v) is 27.7. The smallest absolute Gasteiger partial charge is 0.417 e. The Morgan fingerprint density at radius 1 is 1.11 bits per heavy atom. The first kappa shape index (κ1) is 40.4. The van der Waals surface area contributed by atoms with Crippen LogP contribution in [0.5, 0.6) is 5.75 Å². The van der Waals surface area contributed by atoms with Gasteiger partial charge in [-0.15, -0.1) is 12.8 Å². The molecular formula is C35H46F4N6O2. The zero-order chi connectivity index (χ0) is 35.2. The Hall–Kier alpha value is -4.60. The summed E-state index contributed by atoms with van der Waals surface area (Å²) in [5, 5.41) is 20.0. The summed E-state index contributed by atoms with van der Waals surface area (Å²) in [6.45, 7) is 10.3. The number of morpholine rings is 1. The molecule has 8 nitrogen and oxygen atoms in total. The van der Waals surface area contributed by atoms with E-state index in [4.69, 9.17) is 4.74 Å². The number of allylic oxidation sites excluding steroid dienone is 3. The van der Waals surface area contributed by atoms with Crippen LogP contribution in [-0.4, -0.2) is 62.0 Å². The molecule has 2 aromatic rings. The Labute approximate surface area is 276 Å². The van der Waals surface area contributed by atoms with Gasteiger partial charge in [0.15, 0.2) is 0 Å². The standard InChI is InChI=1S/C31H38F4N6O2.C2H6.C2H2/c1-4-29(36-3)30(10-5-6-13-38-40-22(2)37-20-24(32)21-41-14-16-43-17-15-41)39-25-11-12-27(28(19-25)31(33,34)35)23-8-7-9-26(42)18-23;2*1-2/h5,7-13,18-20,36,39,42H,4,6,14-17,21H2,1-3H3,(H,37,40);1-2H3;1-2H/b10-5-,24-20+,30-29+,38-13+;;. The lowest BCUT2D eigenvalue weighted by Crippen LogP contribution is -2.37. The van der Waals surface area contributed by atoms with Crippen molar-refractivity contribution in [2.24, 2.45) is 10.1 Å². The van der Waals surface area contributed by atoms with Crippen molar-refractivity contribution in [3.8, 4) is 29.7 Å². The topological polar surface area (TPSA) is 93.5 Å². The maximum atomic E-state index is 14.1. The molecule has 0 radical (unpaired) electrons. The van der Waals surface area contributed by atoms with Crippen molar-refractivity contribution in [2.75, 3.05) is 45.2 Å². The zero-order valence-electron chi connectivity index (χ0n) is 27.7. The molecule has 0 aromatic heterocycles. The predicted octanol–water partition coefficient (Wildman–Crippen LogP) is 7.69. The van der Waals surface area contributed by atoms with Crippen molar-refractivity contribution in [3.05, 3.63) is 83.6 Å². The van der Waals surface area contributed by atoms with Gasteiger partial charge in [0.25, 0.3) is 0 Å². The second kappa shape index (κ2) is 22.0. The van der Waals surface area contributed by atoms with Crippen molar-refractivity contribution >= 4 is 17.7 Å². The number of aromatic hydroxyl groups is 1. The number of alkyl halides is 3. The quantitative estimate of drug-likeness (QED) is 0.0467. The number of anilines is 1. The van der Waals surface area contributed by atoms with Gasteiger partial charge in [-0.2, -0.15) is 18.3 Å². The van der Waals surface area contributed by atoms with Crippen LogP contribution in [0.4, 0.5) is 23.2 Å². The first-order chi connectivity index (χ1) is 22.6. The van der Waals surface area contributed by atoms with Crippen molar-refractivity contribution in [1.29, 1.82) is 0 Å². The molecule has 1 saturated heterocycles. The number of hydrazone groups is 1. The summed E-state index contributed by atoms with van der Waals surface area (Å²) in [6.07, 6.45) is 10.8. The summed E-state index contributed by atoms with van der Waals surface area (Å²) >= 11 is 0. The summed E-state index contributed by atoms with van der Waals surface area (Å²) in [5.41, 5.74) is 3.81. The predicted molar refractivity (Wildman–Crippen MR) is 185 cm³/mol. The van der Waals surface area contributed by atoms with E-state index >= 15 is 0 Å². The van der Waals surface area contributed by atoms with Crippen LogP contribution < -0.4 is 16.1 Å². The maximum Gasteiger partial charge on any atom is 0.417 e. The number of nitrogens with one attached hydrogen (secondary N) is 3. The Balaban J connectivity index is 0.00000265. The number of halogens is 4. The minimum absolute atomic E-state index is 0.0303. The van der Waals surface area contributed by atoms with E-state index in [0.717, 1.165) is 11.8 Å². The highest BCUT2D eigenvalue weighted by Crippen LogP contribution is 2.39. The highest BCUT2D eigenvalue weighted by Gasteiger charge is 2.34. The summed E-state index contributed by atoms with van der Waals surface area (Å²) < 4.78 is 61.4. The Morgan fingerprint density at radius 3 is 2.43 bits per heavy atom. The average molecular weight is 659 g/mol. The number of aliphatic imine (C=N–C) groups is 1. The third-order valence-corrected chi connectivity index (χ3v) is 6.46. The molecule has 0 bridgehead atoms. The van der Waals surface area contributed by atoms with E-state index in [0.29, 0.717) is 50.7 Å². The molecule has 1 aliphatic heterocycles. The number of amidine groups is 1. The van der Waals surface area contributed by atoms with E-state index in [1.165, 1.54) is 36.5 Å². The van der Waals surface area contributed by atoms with Crippen LogP contribution in [0.15, 0.2) is 88.1 Å². The monoisotopic (exact) mass is 658 g/mol. The number of nitrogens with zero attached hydrogens (tertiary/aromatic N) is 3. The van der Waals surface area contributed by atoms with E-state index in [1.54, 1.807) is 38.4 Å². The van der Waals surface area contributed by atoms with Gasteiger partial charge in [0.2, 0.25) is 0 Å². The molecule has 0 aliphatic carbocycles. The minimum atomic E-state index is -4.61. The third kappa shape index (κ3) is 14.6. The Morgan fingerprint density at radius 2 is 1.81 bits per heavy atom. The SMILES string of the molecule is C#C.CC.CC/C(NC)=C(/C=C\C/C=N/NC(C)=N/C=C(/F)CN1CCOCC1)Nc1ccc(-c2cccc(O)c2)c(C(F)(F)F)c1. The second-order valence-electron chi connectivity index (χ2n) is 9.67. The molecule has 3 rings (SSSR count). The van der Waals surface area contributed by atoms with Gasteiger partial charge in [0.1, 0.15) is 17.4 Å². The van der Waals surface area contributed by atoms with Crippen LogP contribution in [0.3, 0.4) is 0 Å². The number of hydrogen-bond acceptors (Lipinski definition) is 7. The van der Waals surface area contributed by atoms with Gasteiger partial charge in [-0.3, -0.25) is 10.3 Å². The van der Waals surface area contributed by atoms with Crippen molar-refractivity contribution < 1.29 is 27.4 Å². The van der Waals surface area contributed by atoms with Crippen LogP contribution in [0, 0.1) is 12.8 Å². The number of benzene rings is 2.